The summed E-state index contributed by atoms with van der Waals surface area (Å²) in [6.07, 6.45) is 4.78. The number of nitrogens with one attached hydrogen (secondary N) is 2. The van der Waals surface area contributed by atoms with Gasteiger partial charge in [-0.15, -0.1) is 0 Å². The zero-order valence-corrected chi connectivity index (χ0v) is 18.7. The van der Waals surface area contributed by atoms with E-state index in [1.54, 1.807) is 24.4 Å². The number of carbonyl (C=O) groups is 2. The first-order valence-corrected chi connectivity index (χ1v) is 10.3. The molecule has 0 aliphatic carbocycles. The molecule has 1 aromatic heterocycles. The van der Waals surface area contributed by atoms with Crippen LogP contribution < -0.4 is 15.4 Å². The van der Waals surface area contributed by atoms with Gasteiger partial charge >= 0.3 is 0 Å². The summed E-state index contributed by atoms with van der Waals surface area (Å²) in [7, 11) is 0. The van der Waals surface area contributed by atoms with E-state index < -0.39 is 0 Å². The molecule has 0 fully saturated rings. The van der Waals surface area contributed by atoms with Crippen LogP contribution in [0.1, 0.15) is 38.8 Å². The van der Waals surface area contributed by atoms with E-state index in [0.717, 1.165) is 16.8 Å². The molecule has 3 rings (SSSR count). The van der Waals surface area contributed by atoms with E-state index in [2.05, 4.69) is 42.5 Å². The third-order valence-corrected chi connectivity index (χ3v) is 4.55. The predicted octanol–water partition coefficient (Wildman–Crippen LogP) is 5.78. The Morgan fingerprint density at radius 3 is 2.44 bits per heavy atom. The van der Waals surface area contributed by atoms with Crippen LogP contribution in [0.4, 0.5) is 11.5 Å². The van der Waals surface area contributed by atoms with Crippen LogP contribution in [0, 0.1) is 0 Å². The Bertz CT molecular complexity index is 1150. The minimum absolute atomic E-state index is 0.00866. The van der Waals surface area contributed by atoms with Crippen molar-refractivity contribution in [2.24, 2.45) is 0 Å². The van der Waals surface area contributed by atoms with E-state index in [1.165, 1.54) is 13.0 Å². The van der Waals surface area contributed by atoms with E-state index in [0.29, 0.717) is 17.3 Å². The summed E-state index contributed by atoms with van der Waals surface area (Å²) in [6, 6.07) is 18.6. The highest BCUT2D eigenvalue weighted by molar-refractivity contribution is 6.02. The van der Waals surface area contributed by atoms with Gasteiger partial charge in [0, 0.05) is 31.0 Å². The number of carbonyl (C=O) groups excluding carboxylic acids is 2. The van der Waals surface area contributed by atoms with Gasteiger partial charge in [-0.25, -0.2) is 4.98 Å². The molecule has 0 saturated carbocycles. The monoisotopic (exact) mass is 429 g/mol. The zero-order chi connectivity index (χ0) is 23.1. The number of benzene rings is 2. The fourth-order valence-corrected chi connectivity index (χ4v) is 2.96. The molecular weight excluding hydrogens is 402 g/mol. The smallest absolute Gasteiger partial charge is 0.248 e. The lowest BCUT2D eigenvalue weighted by Gasteiger charge is -2.19. The fraction of sp³-hybridized carbons (Fsp3) is 0.192. The maximum Gasteiger partial charge on any atom is 0.248 e. The van der Waals surface area contributed by atoms with Crippen LogP contribution in [0.25, 0.3) is 6.08 Å². The lowest BCUT2D eigenvalue weighted by Crippen LogP contribution is -2.13. The van der Waals surface area contributed by atoms with Crippen LogP contribution in [0.5, 0.6) is 11.5 Å². The molecule has 6 nitrogen and oxygen atoms in total. The van der Waals surface area contributed by atoms with Crippen LogP contribution in [0.15, 0.2) is 72.9 Å². The van der Waals surface area contributed by atoms with Gasteiger partial charge in [0.25, 0.3) is 0 Å². The number of nitrogens with zero attached hydrogens (tertiary/aromatic N) is 1. The number of rotatable bonds is 6. The normalized spacial score (nSPS) is 11.2. The molecule has 0 saturated heterocycles. The summed E-state index contributed by atoms with van der Waals surface area (Å²) in [6.45, 7) is 7.82. The van der Waals surface area contributed by atoms with Crippen molar-refractivity contribution in [2.45, 2.75) is 33.1 Å². The van der Waals surface area contributed by atoms with E-state index in [4.69, 9.17) is 4.74 Å². The maximum absolute atomic E-state index is 12.4. The standard InChI is InChI=1S/C26H27N3O3/c1-18(30)28-24-17-23(13-14-27-24)32-22-10-5-7-19(15-22)11-12-25(31)29-21-9-6-8-20(16-21)26(2,3)4/h5-17H,1-4H3,(H,29,31)(H,27,28,30)/b12-11+. The van der Waals surface area contributed by atoms with Gasteiger partial charge < -0.3 is 15.4 Å². The number of ether oxygens (including phenoxy) is 1. The van der Waals surface area contributed by atoms with Crippen molar-refractivity contribution < 1.29 is 14.3 Å². The summed E-state index contributed by atoms with van der Waals surface area (Å²) in [5.41, 5.74) is 2.74. The Hall–Kier alpha value is -3.93. The Morgan fingerprint density at radius 1 is 0.938 bits per heavy atom. The molecule has 164 valence electrons. The minimum Gasteiger partial charge on any atom is -0.457 e. The Morgan fingerprint density at radius 2 is 1.69 bits per heavy atom. The second-order valence-corrected chi connectivity index (χ2v) is 8.39. The van der Waals surface area contributed by atoms with Crippen LogP contribution >= 0.6 is 0 Å². The lowest BCUT2D eigenvalue weighted by molar-refractivity contribution is -0.114. The molecular formula is C26H27N3O3. The van der Waals surface area contributed by atoms with Gasteiger partial charge in [0.2, 0.25) is 11.8 Å². The van der Waals surface area contributed by atoms with Crippen molar-refractivity contribution in [1.29, 1.82) is 0 Å². The average Bonchev–Trinajstić information content (AvgIpc) is 2.72. The summed E-state index contributed by atoms with van der Waals surface area (Å²) in [4.78, 5) is 27.6. The first-order valence-electron chi connectivity index (χ1n) is 10.3. The topological polar surface area (TPSA) is 80.3 Å². The molecule has 0 bridgehead atoms. The molecule has 0 unspecified atom stereocenters. The van der Waals surface area contributed by atoms with Crippen molar-refractivity contribution in [1.82, 2.24) is 4.98 Å². The van der Waals surface area contributed by atoms with E-state index in [1.807, 2.05) is 42.5 Å². The predicted molar refractivity (Wildman–Crippen MR) is 128 cm³/mol. The molecule has 32 heavy (non-hydrogen) atoms. The van der Waals surface area contributed by atoms with Gasteiger partial charge in [-0.05, 0) is 52.9 Å². The van der Waals surface area contributed by atoms with E-state index in [9.17, 15) is 9.59 Å². The lowest BCUT2D eigenvalue weighted by atomic mass is 9.87. The SMILES string of the molecule is CC(=O)Nc1cc(Oc2cccc(/C=C/C(=O)Nc3cccc(C(C)(C)C)c3)c2)ccn1. The second-order valence-electron chi connectivity index (χ2n) is 8.39. The number of anilines is 2. The van der Waals surface area contributed by atoms with Crippen molar-refractivity contribution >= 4 is 29.4 Å². The quantitative estimate of drug-likeness (QED) is 0.487. The summed E-state index contributed by atoms with van der Waals surface area (Å²) < 4.78 is 5.86. The molecule has 0 spiro atoms. The van der Waals surface area contributed by atoms with Crippen LogP contribution in [0.2, 0.25) is 0 Å². The summed E-state index contributed by atoms with van der Waals surface area (Å²) in [5.74, 6) is 1.15. The summed E-state index contributed by atoms with van der Waals surface area (Å²) >= 11 is 0. The van der Waals surface area contributed by atoms with Crippen molar-refractivity contribution in [3.63, 3.8) is 0 Å². The third kappa shape index (κ3) is 6.80. The Labute approximate surface area is 188 Å². The average molecular weight is 430 g/mol. The molecule has 0 atom stereocenters. The van der Waals surface area contributed by atoms with Gasteiger partial charge in [0.1, 0.15) is 17.3 Å². The number of pyridine rings is 1. The third-order valence-electron chi connectivity index (χ3n) is 4.55. The van der Waals surface area contributed by atoms with Gasteiger partial charge in [0.15, 0.2) is 0 Å². The second kappa shape index (κ2) is 9.92. The first kappa shape index (κ1) is 22.7. The van der Waals surface area contributed by atoms with Gasteiger partial charge in [-0.2, -0.15) is 0 Å². The molecule has 3 aromatic rings. The highest BCUT2D eigenvalue weighted by atomic mass is 16.5. The van der Waals surface area contributed by atoms with Crippen molar-refractivity contribution in [3.05, 3.63) is 84.1 Å². The van der Waals surface area contributed by atoms with Crippen molar-refractivity contribution in [3.8, 4) is 11.5 Å². The van der Waals surface area contributed by atoms with E-state index >= 15 is 0 Å². The van der Waals surface area contributed by atoms with Gasteiger partial charge in [-0.1, -0.05) is 45.0 Å². The number of aromatic nitrogens is 1. The van der Waals surface area contributed by atoms with Gasteiger partial charge in [-0.3, -0.25) is 9.59 Å². The molecule has 1 heterocycles. The molecule has 0 aliphatic rings. The van der Waals surface area contributed by atoms with Crippen LogP contribution in [-0.4, -0.2) is 16.8 Å². The maximum atomic E-state index is 12.4. The zero-order valence-electron chi connectivity index (χ0n) is 18.7. The largest absolute Gasteiger partial charge is 0.457 e. The molecule has 2 aromatic carbocycles. The Balaban J connectivity index is 1.65. The minimum atomic E-state index is -0.212. The number of hydrogen-bond acceptors (Lipinski definition) is 4. The molecule has 6 heteroatoms. The fourth-order valence-electron chi connectivity index (χ4n) is 2.96. The van der Waals surface area contributed by atoms with E-state index in [-0.39, 0.29) is 17.2 Å². The molecule has 0 aliphatic heterocycles. The molecule has 2 N–H and O–H groups in total. The van der Waals surface area contributed by atoms with Crippen LogP contribution in [-0.2, 0) is 15.0 Å². The molecule has 0 radical (unpaired) electrons. The highest BCUT2D eigenvalue weighted by Gasteiger charge is 2.13. The highest BCUT2D eigenvalue weighted by Crippen LogP contribution is 2.25. The van der Waals surface area contributed by atoms with Crippen LogP contribution in [0.3, 0.4) is 0 Å². The first-order chi connectivity index (χ1) is 15.2. The van der Waals surface area contributed by atoms with Gasteiger partial charge in [0.05, 0.1) is 0 Å². The summed E-state index contributed by atoms with van der Waals surface area (Å²) in [5, 5.41) is 5.52. The van der Waals surface area contributed by atoms with Crippen molar-refractivity contribution in [2.75, 3.05) is 10.6 Å². The Kier molecular flexibility index (Phi) is 7.05. The number of amides is 2. The molecule has 2 amide bonds. The number of hydrogen-bond donors (Lipinski definition) is 2.